The fourth-order valence-corrected chi connectivity index (χ4v) is 10.4. The SMILES string of the molecule is C=CCCOC(=O)[C@H]1[C@@H]2SC3(CC2Br)C(C(=O)N(CC=C)c2ccc(Cl)cc2)N([C@@H](CO)Cc2ccccc2)C(=O)[C@H]13. The number of benzene rings is 2. The third-order valence-electron chi connectivity index (χ3n) is 8.43. The van der Waals surface area contributed by atoms with Crippen LogP contribution in [0, 0.1) is 11.8 Å². The van der Waals surface area contributed by atoms with Crippen molar-refractivity contribution in [2.24, 2.45) is 11.8 Å². The van der Waals surface area contributed by atoms with Crippen molar-refractivity contribution in [3.05, 3.63) is 90.5 Å². The number of carbonyl (C=O) groups excluding carboxylic acids is 3. The van der Waals surface area contributed by atoms with Crippen molar-refractivity contribution in [2.45, 2.75) is 46.2 Å². The summed E-state index contributed by atoms with van der Waals surface area (Å²) in [5.41, 5.74) is 1.55. The molecule has 2 aromatic carbocycles. The Kier molecular flexibility index (Phi) is 9.52. The van der Waals surface area contributed by atoms with Gasteiger partial charge in [0.25, 0.3) is 5.91 Å². The second kappa shape index (κ2) is 13.0. The zero-order valence-corrected chi connectivity index (χ0v) is 26.3. The Morgan fingerprint density at radius 2 is 1.90 bits per heavy atom. The number of amides is 2. The number of aliphatic hydroxyl groups excluding tert-OH is 1. The molecule has 0 radical (unpaired) electrons. The maximum absolute atomic E-state index is 14.8. The Labute approximate surface area is 264 Å². The van der Waals surface area contributed by atoms with E-state index in [4.69, 9.17) is 16.3 Å². The number of carbonyl (C=O) groups is 3. The van der Waals surface area contributed by atoms with Gasteiger partial charge in [0.05, 0.1) is 35.8 Å². The maximum Gasteiger partial charge on any atom is 0.310 e. The number of esters is 1. The third-order valence-corrected chi connectivity index (χ3v) is 11.9. The highest BCUT2D eigenvalue weighted by atomic mass is 79.9. The van der Waals surface area contributed by atoms with Crippen LogP contribution < -0.4 is 4.90 Å². The van der Waals surface area contributed by atoms with E-state index in [-0.39, 0.29) is 41.6 Å². The van der Waals surface area contributed by atoms with Crippen molar-refractivity contribution in [2.75, 3.05) is 24.7 Å². The summed E-state index contributed by atoms with van der Waals surface area (Å²) >= 11 is 11.5. The van der Waals surface area contributed by atoms with Gasteiger partial charge in [-0.2, -0.15) is 0 Å². The summed E-state index contributed by atoms with van der Waals surface area (Å²) < 4.78 is 4.73. The number of fused-ring (bicyclic) bond motifs is 1. The molecule has 1 N–H and O–H groups in total. The van der Waals surface area contributed by atoms with E-state index in [1.165, 1.54) is 11.8 Å². The minimum absolute atomic E-state index is 0.0937. The van der Waals surface area contributed by atoms with Gasteiger partial charge >= 0.3 is 5.97 Å². The van der Waals surface area contributed by atoms with E-state index in [1.54, 1.807) is 46.2 Å². The Hall–Kier alpha value is -2.59. The molecular formula is C32H34BrClN2O5S. The standard InChI is InChI=1S/C32H34BrClN2O5S/c1-3-5-16-41-31(40)25-26-29(38)36(23(19-37)17-20-9-7-6-8-10-20)28(32(26)18-24(33)27(25)42-32)30(39)35(15-4-2)22-13-11-21(34)12-14-22/h3-4,6-14,23-28,37H,1-2,5,15-19H2/t23-,24?,25-,26+,27-,28?,32?/m1/s1. The number of thioether (sulfide) groups is 1. The van der Waals surface area contributed by atoms with E-state index in [0.717, 1.165) is 5.56 Å². The molecule has 10 heteroatoms. The molecule has 3 saturated heterocycles. The zero-order chi connectivity index (χ0) is 30.0. The molecular weight excluding hydrogens is 640 g/mol. The second-order valence-corrected chi connectivity index (χ2v) is 14.0. The molecule has 3 unspecified atom stereocenters. The zero-order valence-electron chi connectivity index (χ0n) is 23.1. The molecule has 7 atom stereocenters. The molecule has 3 fully saturated rings. The van der Waals surface area contributed by atoms with E-state index in [0.29, 0.717) is 30.0 Å². The minimum Gasteiger partial charge on any atom is -0.465 e. The minimum atomic E-state index is -0.924. The van der Waals surface area contributed by atoms with Crippen LogP contribution in [-0.4, -0.2) is 74.5 Å². The molecule has 42 heavy (non-hydrogen) atoms. The Balaban J connectivity index is 1.60. The predicted molar refractivity (Wildman–Crippen MR) is 170 cm³/mol. The van der Waals surface area contributed by atoms with Crippen molar-refractivity contribution < 1.29 is 24.2 Å². The lowest BCUT2D eigenvalue weighted by Crippen LogP contribution is -2.58. The summed E-state index contributed by atoms with van der Waals surface area (Å²) in [7, 11) is 0. The first kappa shape index (κ1) is 30.9. The van der Waals surface area contributed by atoms with Gasteiger partial charge in [-0.15, -0.1) is 24.9 Å². The van der Waals surface area contributed by atoms with Crippen LogP contribution in [0.5, 0.6) is 0 Å². The fourth-order valence-electron chi connectivity index (χ4n) is 6.71. The molecule has 3 aliphatic rings. The molecule has 2 bridgehead atoms. The van der Waals surface area contributed by atoms with Gasteiger partial charge in [-0.3, -0.25) is 14.4 Å². The van der Waals surface area contributed by atoms with Crippen LogP contribution in [0.25, 0.3) is 0 Å². The van der Waals surface area contributed by atoms with Crippen LogP contribution in [0.15, 0.2) is 79.9 Å². The number of anilines is 1. The highest BCUT2D eigenvalue weighted by Gasteiger charge is 2.76. The summed E-state index contributed by atoms with van der Waals surface area (Å²) in [6.45, 7) is 7.61. The molecule has 7 nitrogen and oxygen atoms in total. The quantitative estimate of drug-likeness (QED) is 0.147. The van der Waals surface area contributed by atoms with Gasteiger partial charge in [0, 0.05) is 27.3 Å². The number of hydrogen-bond donors (Lipinski definition) is 1. The third kappa shape index (κ3) is 5.45. The molecule has 5 rings (SSSR count). The van der Waals surface area contributed by atoms with Crippen molar-refractivity contribution in [3.8, 4) is 0 Å². The summed E-state index contributed by atoms with van der Waals surface area (Å²) in [6, 6.07) is 14.9. The van der Waals surface area contributed by atoms with Crippen molar-refractivity contribution in [3.63, 3.8) is 0 Å². The number of halogens is 2. The predicted octanol–water partition coefficient (Wildman–Crippen LogP) is 5.05. The van der Waals surface area contributed by atoms with Gasteiger partial charge in [0.2, 0.25) is 5.91 Å². The van der Waals surface area contributed by atoms with Crippen LogP contribution in [0.2, 0.25) is 5.02 Å². The summed E-state index contributed by atoms with van der Waals surface area (Å²) in [6.07, 6.45) is 4.70. The molecule has 3 heterocycles. The first-order valence-electron chi connectivity index (χ1n) is 14.0. The van der Waals surface area contributed by atoms with E-state index in [9.17, 15) is 19.5 Å². The smallest absolute Gasteiger partial charge is 0.310 e. The maximum atomic E-state index is 14.8. The van der Waals surface area contributed by atoms with E-state index >= 15 is 0 Å². The van der Waals surface area contributed by atoms with Crippen molar-refractivity contribution >= 4 is 62.8 Å². The Morgan fingerprint density at radius 3 is 2.55 bits per heavy atom. The lowest BCUT2D eigenvalue weighted by Gasteiger charge is -2.40. The Morgan fingerprint density at radius 1 is 1.19 bits per heavy atom. The monoisotopic (exact) mass is 672 g/mol. The summed E-state index contributed by atoms with van der Waals surface area (Å²) in [5, 5.41) is 11.0. The molecule has 2 aromatic rings. The first-order valence-corrected chi connectivity index (χ1v) is 16.2. The van der Waals surface area contributed by atoms with Gasteiger partial charge in [0.1, 0.15) is 6.04 Å². The number of alkyl halides is 1. The van der Waals surface area contributed by atoms with Gasteiger partial charge in [-0.1, -0.05) is 70.0 Å². The van der Waals surface area contributed by atoms with Crippen LogP contribution in [0.3, 0.4) is 0 Å². The van der Waals surface area contributed by atoms with Crippen LogP contribution in [0.1, 0.15) is 18.4 Å². The molecule has 0 saturated carbocycles. The van der Waals surface area contributed by atoms with E-state index in [1.807, 2.05) is 30.3 Å². The largest absolute Gasteiger partial charge is 0.465 e. The summed E-state index contributed by atoms with van der Waals surface area (Å²) in [5.74, 6) is -2.49. The number of hydrogen-bond acceptors (Lipinski definition) is 6. The number of nitrogens with zero attached hydrogens (tertiary/aromatic N) is 2. The Bertz CT molecular complexity index is 1340. The molecule has 2 amide bonds. The average molecular weight is 674 g/mol. The van der Waals surface area contributed by atoms with Crippen molar-refractivity contribution in [1.29, 1.82) is 0 Å². The second-order valence-electron chi connectivity index (χ2n) is 10.9. The lowest BCUT2D eigenvalue weighted by atomic mass is 9.71. The summed E-state index contributed by atoms with van der Waals surface area (Å²) in [4.78, 5) is 45.9. The lowest BCUT2D eigenvalue weighted by molar-refractivity contribution is -0.154. The molecule has 3 aliphatic heterocycles. The van der Waals surface area contributed by atoms with Gasteiger partial charge in [-0.25, -0.2) is 0 Å². The highest BCUT2D eigenvalue weighted by Crippen LogP contribution is 2.68. The van der Waals surface area contributed by atoms with Crippen LogP contribution in [0.4, 0.5) is 5.69 Å². The molecule has 0 aromatic heterocycles. The molecule has 1 spiro atoms. The number of aliphatic hydroxyl groups is 1. The van der Waals surface area contributed by atoms with E-state index in [2.05, 4.69) is 29.1 Å². The highest BCUT2D eigenvalue weighted by molar-refractivity contribution is 9.09. The van der Waals surface area contributed by atoms with E-state index < -0.39 is 34.6 Å². The number of rotatable bonds is 12. The van der Waals surface area contributed by atoms with Gasteiger partial charge in [0.15, 0.2) is 0 Å². The van der Waals surface area contributed by atoms with Crippen molar-refractivity contribution in [1.82, 2.24) is 4.90 Å². The average Bonchev–Trinajstić information content (AvgIpc) is 3.59. The molecule has 0 aliphatic carbocycles. The normalized spacial score (nSPS) is 28.3. The number of likely N-dealkylation sites (tertiary alicyclic amines) is 1. The fraction of sp³-hybridized carbons (Fsp3) is 0.406. The molecule has 222 valence electrons. The van der Waals surface area contributed by atoms with Crippen LogP contribution in [-0.2, 0) is 25.5 Å². The van der Waals surface area contributed by atoms with Gasteiger partial charge in [-0.05, 0) is 49.1 Å². The van der Waals surface area contributed by atoms with Crippen LogP contribution >= 0.6 is 39.3 Å². The first-order chi connectivity index (χ1) is 20.3. The van der Waals surface area contributed by atoms with Gasteiger partial charge < -0.3 is 19.6 Å². The topological polar surface area (TPSA) is 87.2 Å². The number of ether oxygens (including phenoxy) is 1.